The summed E-state index contributed by atoms with van der Waals surface area (Å²) in [7, 11) is -6.93. The van der Waals surface area contributed by atoms with Gasteiger partial charge in [-0.2, -0.15) is 0 Å². The van der Waals surface area contributed by atoms with E-state index in [2.05, 4.69) is 4.72 Å². The van der Waals surface area contributed by atoms with Gasteiger partial charge in [-0.3, -0.25) is 9.52 Å². The Labute approximate surface area is 168 Å². The van der Waals surface area contributed by atoms with Crippen molar-refractivity contribution in [1.82, 2.24) is 0 Å². The molecule has 29 heavy (non-hydrogen) atoms. The number of amides is 1. The average molecular weight is 442 g/mol. The van der Waals surface area contributed by atoms with E-state index in [1.807, 2.05) is 0 Å². The standard InChI is InChI=1S/C18H19FN2O6S2/c1-18(2)11-28(23,24)21(17(18)22)14-8-9-15(27-3)16(10-14)29(25,26)20-13-6-4-12(19)5-7-13/h4-10,20H,11H2,1-3H3. The largest absolute Gasteiger partial charge is 0.495 e. The van der Waals surface area contributed by atoms with Gasteiger partial charge in [0.15, 0.2) is 0 Å². The average Bonchev–Trinajstić information content (AvgIpc) is 2.79. The first-order valence-corrected chi connectivity index (χ1v) is 11.5. The maximum absolute atomic E-state index is 13.1. The highest BCUT2D eigenvalue weighted by molar-refractivity contribution is 7.94. The smallest absolute Gasteiger partial charge is 0.265 e. The van der Waals surface area contributed by atoms with E-state index in [1.54, 1.807) is 0 Å². The highest BCUT2D eigenvalue weighted by atomic mass is 32.2. The second kappa shape index (κ2) is 6.99. The number of halogens is 1. The van der Waals surface area contributed by atoms with E-state index in [1.165, 1.54) is 45.2 Å². The van der Waals surface area contributed by atoms with Crippen LogP contribution in [0.4, 0.5) is 15.8 Å². The van der Waals surface area contributed by atoms with Crippen LogP contribution in [-0.2, 0) is 24.8 Å². The molecular weight excluding hydrogens is 423 g/mol. The summed E-state index contributed by atoms with van der Waals surface area (Å²) in [4.78, 5) is 12.2. The lowest BCUT2D eigenvalue weighted by molar-refractivity contribution is -0.123. The molecular formula is C18H19FN2O6S2. The molecule has 1 aliphatic heterocycles. The third kappa shape index (κ3) is 3.92. The first-order chi connectivity index (χ1) is 13.4. The monoisotopic (exact) mass is 442 g/mol. The fourth-order valence-electron chi connectivity index (χ4n) is 2.99. The van der Waals surface area contributed by atoms with Crippen molar-refractivity contribution < 1.29 is 30.8 Å². The van der Waals surface area contributed by atoms with Crippen molar-refractivity contribution in [1.29, 1.82) is 0 Å². The molecule has 1 fully saturated rings. The van der Waals surface area contributed by atoms with Gasteiger partial charge in [0.05, 0.1) is 24.0 Å². The second-order valence-electron chi connectivity index (χ2n) is 7.16. The molecule has 156 valence electrons. The van der Waals surface area contributed by atoms with Gasteiger partial charge in [0.25, 0.3) is 10.0 Å². The lowest BCUT2D eigenvalue weighted by Gasteiger charge is -2.19. The first kappa shape index (κ1) is 21.1. The van der Waals surface area contributed by atoms with Crippen LogP contribution >= 0.6 is 0 Å². The number of rotatable bonds is 5. The molecule has 0 atom stereocenters. The van der Waals surface area contributed by atoms with E-state index in [9.17, 15) is 26.0 Å². The zero-order valence-electron chi connectivity index (χ0n) is 15.8. The predicted octanol–water partition coefficient (Wildman–Crippen LogP) is 2.34. The van der Waals surface area contributed by atoms with Gasteiger partial charge >= 0.3 is 0 Å². The summed E-state index contributed by atoms with van der Waals surface area (Å²) in [5.74, 6) is -1.63. The molecule has 1 N–H and O–H groups in total. The Hall–Kier alpha value is -2.66. The molecule has 0 saturated carbocycles. The van der Waals surface area contributed by atoms with Crippen LogP contribution in [0.25, 0.3) is 0 Å². The number of nitrogens with one attached hydrogen (secondary N) is 1. The normalized spacial score (nSPS) is 17.9. The fraction of sp³-hybridized carbons (Fsp3) is 0.278. The number of carbonyl (C=O) groups excluding carboxylic acids is 1. The summed E-state index contributed by atoms with van der Waals surface area (Å²) in [6.07, 6.45) is 0. The minimum Gasteiger partial charge on any atom is -0.495 e. The molecule has 8 nitrogen and oxygen atoms in total. The second-order valence-corrected chi connectivity index (χ2v) is 10.6. The highest BCUT2D eigenvalue weighted by Gasteiger charge is 2.50. The van der Waals surface area contributed by atoms with Gasteiger partial charge in [0.1, 0.15) is 16.5 Å². The van der Waals surface area contributed by atoms with Crippen molar-refractivity contribution in [2.24, 2.45) is 5.41 Å². The van der Waals surface area contributed by atoms with Crippen molar-refractivity contribution in [3.8, 4) is 5.75 Å². The zero-order valence-corrected chi connectivity index (χ0v) is 17.5. The Morgan fingerprint density at radius 1 is 1.14 bits per heavy atom. The van der Waals surface area contributed by atoms with Gasteiger partial charge in [-0.25, -0.2) is 25.5 Å². The van der Waals surface area contributed by atoms with Crippen LogP contribution in [0, 0.1) is 11.2 Å². The Morgan fingerprint density at radius 2 is 1.76 bits per heavy atom. The van der Waals surface area contributed by atoms with E-state index in [0.29, 0.717) is 4.31 Å². The van der Waals surface area contributed by atoms with E-state index in [-0.39, 0.29) is 27.8 Å². The van der Waals surface area contributed by atoms with E-state index >= 15 is 0 Å². The summed E-state index contributed by atoms with van der Waals surface area (Å²) in [5, 5.41) is 0. The number of hydrogen-bond acceptors (Lipinski definition) is 6. The van der Waals surface area contributed by atoms with Crippen LogP contribution in [0.2, 0.25) is 0 Å². The van der Waals surface area contributed by atoms with E-state index in [0.717, 1.165) is 18.2 Å². The predicted molar refractivity (Wildman–Crippen MR) is 105 cm³/mol. The maximum Gasteiger partial charge on any atom is 0.265 e. The van der Waals surface area contributed by atoms with Crippen molar-refractivity contribution in [3.05, 3.63) is 48.3 Å². The quantitative estimate of drug-likeness (QED) is 0.761. The molecule has 0 bridgehead atoms. The highest BCUT2D eigenvalue weighted by Crippen LogP contribution is 2.38. The number of sulfonamides is 2. The number of methoxy groups -OCH3 is 1. The van der Waals surface area contributed by atoms with E-state index < -0.39 is 37.2 Å². The molecule has 3 rings (SSSR count). The lowest BCUT2D eigenvalue weighted by atomic mass is 9.95. The van der Waals surface area contributed by atoms with Crippen LogP contribution in [0.5, 0.6) is 5.75 Å². The fourth-order valence-corrected chi connectivity index (χ4v) is 6.34. The Kier molecular flexibility index (Phi) is 5.08. The molecule has 0 spiro atoms. The Balaban J connectivity index is 2.08. The summed E-state index contributed by atoms with van der Waals surface area (Å²) >= 11 is 0. The first-order valence-electron chi connectivity index (χ1n) is 8.41. The number of benzene rings is 2. The minimum atomic E-state index is -4.23. The van der Waals surface area contributed by atoms with Gasteiger partial charge in [-0.1, -0.05) is 0 Å². The summed E-state index contributed by atoms with van der Waals surface area (Å²) in [6.45, 7) is 3.01. The van der Waals surface area contributed by atoms with E-state index in [4.69, 9.17) is 4.74 Å². The van der Waals surface area contributed by atoms with Crippen LogP contribution < -0.4 is 13.8 Å². The Bertz CT molecular complexity index is 1180. The summed E-state index contributed by atoms with van der Waals surface area (Å²) in [5.41, 5.74) is -1.14. The number of ether oxygens (including phenoxy) is 1. The van der Waals surface area contributed by atoms with Gasteiger partial charge in [0.2, 0.25) is 15.9 Å². The maximum atomic E-state index is 13.1. The van der Waals surface area contributed by atoms with Gasteiger partial charge in [-0.15, -0.1) is 0 Å². The van der Waals surface area contributed by atoms with Crippen LogP contribution in [0.1, 0.15) is 13.8 Å². The lowest BCUT2D eigenvalue weighted by Crippen LogP contribution is -2.33. The van der Waals surface area contributed by atoms with Gasteiger partial charge in [-0.05, 0) is 56.3 Å². The molecule has 0 aliphatic carbocycles. The number of nitrogens with zero attached hydrogens (tertiary/aromatic N) is 1. The Morgan fingerprint density at radius 3 is 2.28 bits per heavy atom. The van der Waals surface area contributed by atoms with Crippen molar-refractivity contribution in [2.75, 3.05) is 21.9 Å². The molecule has 2 aromatic rings. The van der Waals surface area contributed by atoms with Crippen LogP contribution in [-0.4, -0.2) is 35.6 Å². The molecule has 1 aliphatic rings. The zero-order chi connectivity index (χ0) is 21.6. The third-order valence-corrected chi connectivity index (χ3v) is 7.77. The number of anilines is 2. The minimum absolute atomic E-state index is 0.0494. The molecule has 2 aromatic carbocycles. The molecule has 11 heteroatoms. The van der Waals surface area contributed by atoms with Crippen molar-refractivity contribution in [3.63, 3.8) is 0 Å². The molecule has 0 aromatic heterocycles. The molecule has 1 heterocycles. The van der Waals surface area contributed by atoms with Crippen LogP contribution in [0.3, 0.4) is 0 Å². The SMILES string of the molecule is COc1ccc(N2C(=O)C(C)(C)CS2(=O)=O)cc1S(=O)(=O)Nc1ccc(F)cc1. The third-order valence-electron chi connectivity index (χ3n) is 4.35. The molecule has 0 radical (unpaired) electrons. The number of hydrogen-bond donors (Lipinski definition) is 1. The molecule has 1 saturated heterocycles. The van der Waals surface area contributed by atoms with Crippen molar-refractivity contribution in [2.45, 2.75) is 18.7 Å². The van der Waals surface area contributed by atoms with Crippen molar-refractivity contribution >= 4 is 37.3 Å². The summed E-state index contributed by atoms with van der Waals surface area (Å²) in [6, 6.07) is 8.27. The number of carbonyl (C=O) groups is 1. The molecule has 1 amide bonds. The van der Waals surface area contributed by atoms with Gasteiger partial charge in [0, 0.05) is 5.69 Å². The summed E-state index contributed by atoms with van der Waals surface area (Å²) < 4.78 is 71.8. The topological polar surface area (TPSA) is 110 Å². The van der Waals surface area contributed by atoms with Crippen LogP contribution in [0.15, 0.2) is 47.4 Å². The molecule has 0 unspecified atom stereocenters. The van der Waals surface area contributed by atoms with Gasteiger partial charge < -0.3 is 4.74 Å².